The maximum atomic E-state index is 2.47. The lowest BCUT2D eigenvalue weighted by Gasteiger charge is -2.20. The Morgan fingerprint density at radius 3 is 2.25 bits per heavy atom. The fourth-order valence-corrected chi connectivity index (χ4v) is 3.15. The molecule has 12 heavy (non-hydrogen) atoms. The molecule has 1 aliphatic carbocycles. The standard InChI is InChI=1S/C12H24/c1-5-7-12-9(3)8-11(6-2)10(12)4/h9-12H,5-8H2,1-4H3. The molecular weight excluding hydrogens is 144 g/mol. The van der Waals surface area contributed by atoms with Gasteiger partial charge in [0.2, 0.25) is 0 Å². The Labute approximate surface area is 77.7 Å². The molecule has 1 fully saturated rings. The maximum Gasteiger partial charge on any atom is -0.0360 e. The summed E-state index contributed by atoms with van der Waals surface area (Å²) in [5.41, 5.74) is 0. The fourth-order valence-electron chi connectivity index (χ4n) is 3.15. The first-order valence-electron chi connectivity index (χ1n) is 5.70. The van der Waals surface area contributed by atoms with Gasteiger partial charge in [0.15, 0.2) is 0 Å². The highest BCUT2D eigenvalue weighted by atomic mass is 14.4. The highest BCUT2D eigenvalue weighted by Gasteiger charge is 2.35. The predicted octanol–water partition coefficient (Wildman–Crippen LogP) is 4.10. The van der Waals surface area contributed by atoms with Gasteiger partial charge in [-0.25, -0.2) is 0 Å². The van der Waals surface area contributed by atoms with E-state index in [0.29, 0.717) is 0 Å². The van der Waals surface area contributed by atoms with Crippen molar-refractivity contribution in [1.82, 2.24) is 0 Å². The average molecular weight is 168 g/mol. The van der Waals surface area contributed by atoms with Gasteiger partial charge < -0.3 is 0 Å². The van der Waals surface area contributed by atoms with E-state index >= 15 is 0 Å². The number of hydrogen-bond acceptors (Lipinski definition) is 0. The number of rotatable bonds is 3. The summed E-state index contributed by atoms with van der Waals surface area (Å²) in [5, 5.41) is 0. The van der Waals surface area contributed by atoms with E-state index in [0.717, 1.165) is 23.7 Å². The van der Waals surface area contributed by atoms with E-state index in [1.54, 1.807) is 0 Å². The minimum atomic E-state index is 0.991. The third-order valence-corrected chi connectivity index (χ3v) is 3.97. The molecule has 0 heteroatoms. The molecule has 1 aliphatic rings. The monoisotopic (exact) mass is 168 g/mol. The van der Waals surface area contributed by atoms with Gasteiger partial charge in [-0.15, -0.1) is 0 Å². The van der Waals surface area contributed by atoms with Crippen LogP contribution in [0.15, 0.2) is 0 Å². The van der Waals surface area contributed by atoms with Gasteiger partial charge in [0, 0.05) is 0 Å². The molecule has 0 N–H and O–H groups in total. The molecule has 4 unspecified atom stereocenters. The van der Waals surface area contributed by atoms with Gasteiger partial charge in [-0.05, 0) is 30.1 Å². The minimum Gasteiger partial charge on any atom is -0.0654 e. The van der Waals surface area contributed by atoms with Crippen molar-refractivity contribution >= 4 is 0 Å². The Morgan fingerprint density at radius 2 is 1.83 bits per heavy atom. The zero-order valence-electron chi connectivity index (χ0n) is 9.14. The summed E-state index contributed by atoms with van der Waals surface area (Å²) in [6.07, 6.45) is 5.71. The van der Waals surface area contributed by atoms with Crippen LogP contribution in [0, 0.1) is 23.7 Å². The largest absolute Gasteiger partial charge is 0.0654 e. The van der Waals surface area contributed by atoms with Crippen LogP contribution >= 0.6 is 0 Å². The normalized spacial score (nSPS) is 42.0. The molecular formula is C12H24. The van der Waals surface area contributed by atoms with Crippen LogP contribution in [0.4, 0.5) is 0 Å². The maximum absolute atomic E-state index is 2.47. The van der Waals surface area contributed by atoms with Crippen LogP contribution in [0.25, 0.3) is 0 Å². The molecule has 0 aromatic carbocycles. The van der Waals surface area contributed by atoms with Crippen LogP contribution < -0.4 is 0 Å². The molecule has 1 saturated carbocycles. The van der Waals surface area contributed by atoms with Gasteiger partial charge in [0.1, 0.15) is 0 Å². The topological polar surface area (TPSA) is 0 Å². The molecule has 0 saturated heterocycles. The van der Waals surface area contributed by atoms with Crippen molar-refractivity contribution in [1.29, 1.82) is 0 Å². The fraction of sp³-hybridized carbons (Fsp3) is 1.00. The van der Waals surface area contributed by atoms with Crippen molar-refractivity contribution in [3.63, 3.8) is 0 Å². The third kappa shape index (κ3) is 1.84. The van der Waals surface area contributed by atoms with Crippen LogP contribution in [0.2, 0.25) is 0 Å². The smallest absolute Gasteiger partial charge is 0.0360 e. The van der Waals surface area contributed by atoms with Crippen molar-refractivity contribution in [3.8, 4) is 0 Å². The molecule has 0 aromatic rings. The second-order valence-corrected chi connectivity index (χ2v) is 4.69. The van der Waals surface area contributed by atoms with E-state index in [4.69, 9.17) is 0 Å². The van der Waals surface area contributed by atoms with E-state index in [1.165, 1.54) is 25.7 Å². The SMILES string of the molecule is CCCC1C(C)CC(CC)C1C. The lowest BCUT2D eigenvalue weighted by atomic mass is 9.85. The summed E-state index contributed by atoms with van der Waals surface area (Å²) >= 11 is 0. The molecule has 1 rings (SSSR count). The molecule has 0 heterocycles. The lowest BCUT2D eigenvalue weighted by molar-refractivity contribution is 0.290. The van der Waals surface area contributed by atoms with Crippen LogP contribution in [-0.2, 0) is 0 Å². The molecule has 4 atom stereocenters. The Balaban J connectivity index is 2.51. The predicted molar refractivity (Wildman–Crippen MR) is 55.1 cm³/mol. The quantitative estimate of drug-likeness (QED) is 0.595. The van der Waals surface area contributed by atoms with Gasteiger partial charge in [-0.1, -0.05) is 47.0 Å². The lowest BCUT2D eigenvalue weighted by Crippen LogP contribution is -2.12. The van der Waals surface area contributed by atoms with Crippen molar-refractivity contribution in [2.24, 2.45) is 23.7 Å². The molecule has 0 bridgehead atoms. The Kier molecular flexibility index (Phi) is 3.61. The van der Waals surface area contributed by atoms with Gasteiger partial charge in [-0.2, -0.15) is 0 Å². The van der Waals surface area contributed by atoms with Crippen molar-refractivity contribution in [3.05, 3.63) is 0 Å². The van der Waals surface area contributed by atoms with Crippen LogP contribution in [0.5, 0.6) is 0 Å². The first-order chi connectivity index (χ1) is 5.70. The summed E-state index contributed by atoms with van der Waals surface area (Å²) in [7, 11) is 0. The molecule has 0 spiro atoms. The summed E-state index contributed by atoms with van der Waals surface area (Å²) in [6, 6.07) is 0. The van der Waals surface area contributed by atoms with E-state index in [9.17, 15) is 0 Å². The summed E-state index contributed by atoms with van der Waals surface area (Å²) in [6.45, 7) is 9.59. The van der Waals surface area contributed by atoms with E-state index in [-0.39, 0.29) is 0 Å². The van der Waals surface area contributed by atoms with Crippen LogP contribution in [0.3, 0.4) is 0 Å². The zero-order valence-corrected chi connectivity index (χ0v) is 9.14. The average Bonchev–Trinajstić information content (AvgIpc) is 2.32. The Morgan fingerprint density at radius 1 is 1.17 bits per heavy atom. The van der Waals surface area contributed by atoms with Gasteiger partial charge in [-0.3, -0.25) is 0 Å². The highest BCUT2D eigenvalue weighted by molar-refractivity contribution is 4.85. The van der Waals surface area contributed by atoms with E-state index in [1.807, 2.05) is 0 Å². The summed E-state index contributed by atoms with van der Waals surface area (Å²) in [4.78, 5) is 0. The van der Waals surface area contributed by atoms with Crippen LogP contribution in [-0.4, -0.2) is 0 Å². The second kappa shape index (κ2) is 4.30. The molecule has 72 valence electrons. The van der Waals surface area contributed by atoms with Gasteiger partial charge in [0.25, 0.3) is 0 Å². The molecule has 0 aliphatic heterocycles. The van der Waals surface area contributed by atoms with Crippen molar-refractivity contribution in [2.45, 2.75) is 53.4 Å². The first kappa shape index (κ1) is 10.1. The highest BCUT2D eigenvalue weighted by Crippen LogP contribution is 2.44. The molecule has 0 amide bonds. The minimum absolute atomic E-state index is 0.991. The van der Waals surface area contributed by atoms with E-state index in [2.05, 4.69) is 27.7 Å². The van der Waals surface area contributed by atoms with Crippen molar-refractivity contribution < 1.29 is 0 Å². The van der Waals surface area contributed by atoms with E-state index < -0.39 is 0 Å². The molecule has 0 aromatic heterocycles. The van der Waals surface area contributed by atoms with Gasteiger partial charge >= 0.3 is 0 Å². The molecule has 0 radical (unpaired) electrons. The number of hydrogen-bond donors (Lipinski definition) is 0. The summed E-state index contributed by atoms with van der Waals surface area (Å²) < 4.78 is 0. The van der Waals surface area contributed by atoms with Crippen molar-refractivity contribution in [2.75, 3.05) is 0 Å². The first-order valence-corrected chi connectivity index (χ1v) is 5.70. The Hall–Kier alpha value is 0. The Bertz CT molecular complexity index is 128. The summed E-state index contributed by atoms with van der Waals surface area (Å²) in [5.74, 6) is 4.03. The zero-order chi connectivity index (χ0) is 9.14. The van der Waals surface area contributed by atoms with Gasteiger partial charge in [0.05, 0.1) is 0 Å². The van der Waals surface area contributed by atoms with Crippen LogP contribution in [0.1, 0.15) is 53.4 Å². The second-order valence-electron chi connectivity index (χ2n) is 4.69. The molecule has 0 nitrogen and oxygen atoms in total. The third-order valence-electron chi connectivity index (χ3n) is 3.97.